The molecule has 0 spiro atoms. The van der Waals surface area contributed by atoms with E-state index in [9.17, 15) is 9.90 Å². The molecule has 5 nitrogen and oxygen atoms in total. The van der Waals surface area contributed by atoms with Crippen LogP contribution >= 0.6 is 0 Å². The average Bonchev–Trinajstić information content (AvgIpc) is 2.99. The number of fused-ring (bicyclic) bond motifs is 1. The highest BCUT2D eigenvalue weighted by molar-refractivity contribution is 5.94. The molecule has 2 aromatic heterocycles. The normalized spacial score (nSPS) is 15.5. The Balaban J connectivity index is 2.32. The lowest BCUT2D eigenvalue weighted by atomic mass is 10.3. The molecule has 0 bridgehead atoms. The first-order valence-electron chi connectivity index (χ1n) is 5.11. The number of aromatic hydroxyl groups is 1. The van der Waals surface area contributed by atoms with Gasteiger partial charge in [-0.3, -0.25) is 0 Å². The quantitative estimate of drug-likeness (QED) is 0.803. The summed E-state index contributed by atoms with van der Waals surface area (Å²) in [7, 11) is 0. The highest BCUT2D eigenvalue weighted by Crippen LogP contribution is 2.40. The fourth-order valence-electron chi connectivity index (χ4n) is 1.88. The number of carboxylic acids is 1. The standard InChI is InChI=1S/C11H10N2O3/c14-7-3-4-13-8(5-7)9(11(15)16)12-10(13)6-1-2-6/h3-6,14H,1-2H2,(H,15,16). The molecule has 0 amide bonds. The van der Waals surface area contributed by atoms with E-state index in [0.717, 1.165) is 18.7 Å². The van der Waals surface area contributed by atoms with Gasteiger partial charge in [-0.05, 0) is 18.9 Å². The molecular weight excluding hydrogens is 208 g/mol. The molecule has 0 atom stereocenters. The minimum absolute atomic E-state index is 0.0119. The van der Waals surface area contributed by atoms with Crippen LogP contribution in [-0.4, -0.2) is 25.6 Å². The van der Waals surface area contributed by atoms with Crippen LogP contribution < -0.4 is 0 Å². The first kappa shape index (κ1) is 9.21. The van der Waals surface area contributed by atoms with Crippen LogP contribution in [0.15, 0.2) is 18.3 Å². The molecule has 1 aliphatic rings. The summed E-state index contributed by atoms with van der Waals surface area (Å²) in [6, 6.07) is 2.97. The van der Waals surface area contributed by atoms with Gasteiger partial charge < -0.3 is 14.6 Å². The van der Waals surface area contributed by atoms with Crippen molar-refractivity contribution in [2.75, 3.05) is 0 Å². The summed E-state index contributed by atoms with van der Waals surface area (Å²) >= 11 is 0. The van der Waals surface area contributed by atoms with E-state index in [1.165, 1.54) is 12.1 Å². The van der Waals surface area contributed by atoms with Gasteiger partial charge >= 0.3 is 5.97 Å². The summed E-state index contributed by atoms with van der Waals surface area (Å²) in [5.74, 6) is 0.143. The van der Waals surface area contributed by atoms with Crippen LogP contribution in [0.1, 0.15) is 35.1 Å². The zero-order chi connectivity index (χ0) is 11.3. The third kappa shape index (κ3) is 1.25. The minimum atomic E-state index is -1.06. The number of imidazole rings is 1. The summed E-state index contributed by atoms with van der Waals surface area (Å²) in [6.45, 7) is 0. The van der Waals surface area contributed by atoms with Gasteiger partial charge in [0, 0.05) is 18.2 Å². The Morgan fingerprint density at radius 1 is 1.50 bits per heavy atom. The van der Waals surface area contributed by atoms with Gasteiger partial charge in [-0.25, -0.2) is 9.78 Å². The summed E-state index contributed by atoms with van der Waals surface area (Å²) in [6.07, 6.45) is 3.77. The van der Waals surface area contributed by atoms with E-state index in [1.807, 2.05) is 0 Å². The number of aromatic nitrogens is 2. The Labute approximate surface area is 91.0 Å². The molecule has 0 radical (unpaired) electrons. The molecule has 2 N–H and O–H groups in total. The van der Waals surface area contributed by atoms with Crippen LogP contribution in [0.5, 0.6) is 5.75 Å². The van der Waals surface area contributed by atoms with Crippen LogP contribution in [-0.2, 0) is 0 Å². The molecule has 16 heavy (non-hydrogen) atoms. The molecule has 82 valence electrons. The lowest BCUT2D eigenvalue weighted by Gasteiger charge is -1.98. The summed E-state index contributed by atoms with van der Waals surface area (Å²) < 4.78 is 1.75. The number of hydrogen-bond donors (Lipinski definition) is 2. The molecule has 1 aliphatic carbocycles. The second-order valence-electron chi connectivity index (χ2n) is 4.04. The number of rotatable bonds is 2. The Bertz CT molecular complexity index is 584. The van der Waals surface area contributed by atoms with Gasteiger partial charge in [0.1, 0.15) is 11.6 Å². The Kier molecular flexibility index (Phi) is 1.71. The maximum Gasteiger partial charge on any atom is 0.356 e. The van der Waals surface area contributed by atoms with Crippen molar-refractivity contribution in [1.82, 2.24) is 9.38 Å². The largest absolute Gasteiger partial charge is 0.508 e. The van der Waals surface area contributed by atoms with Gasteiger partial charge in [-0.1, -0.05) is 0 Å². The molecule has 0 aromatic carbocycles. The fraction of sp³-hybridized carbons (Fsp3) is 0.273. The second-order valence-corrected chi connectivity index (χ2v) is 4.04. The molecule has 0 unspecified atom stereocenters. The molecule has 3 rings (SSSR count). The number of aromatic carboxylic acids is 1. The van der Waals surface area contributed by atoms with Crippen LogP contribution in [0.3, 0.4) is 0 Å². The Morgan fingerprint density at radius 2 is 2.25 bits per heavy atom. The predicted molar refractivity (Wildman–Crippen MR) is 55.8 cm³/mol. The molecule has 2 heterocycles. The zero-order valence-corrected chi connectivity index (χ0v) is 8.42. The van der Waals surface area contributed by atoms with Gasteiger partial charge in [0.05, 0.1) is 5.52 Å². The number of carbonyl (C=O) groups is 1. The molecule has 2 aromatic rings. The van der Waals surface area contributed by atoms with Crippen LogP contribution in [0.4, 0.5) is 0 Å². The molecule has 1 saturated carbocycles. The smallest absolute Gasteiger partial charge is 0.356 e. The maximum absolute atomic E-state index is 11.0. The number of pyridine rings is 1. The van der Waals surface area contributed by atoms with Crippen LogP contribution in [0.25, 0.3) is 5.52 Å². The van der Waals surface area contributed by atoms with E-state index in [-0.39, 0.29) is 11.4 Å². The molecular formula is C11H10N2O3. The highest BCUT2D eigenvalue weighted by atomic mass is 16.4. The lowest BCUT2D eigenvalue weighted by molar-refractivity contribution is 0.0693. The van der Waals surface area contributed by atoms with E-state index in [4.69, 9.17) is 5.11 Å². The van der Waals surface area contributed by atoms with E-state index in [2.05, 4.69) is 4.98 Å². The number of nitrogens with zero attached hydrogens (tertiary/aromatic N) is 2. The Morgan fingerprint density at radius 3 is 2.88 bits per heavy atom. The van der Waals surface area contributed by atoms with Crippen molar-refractivity contribution < 1.29 is 15.0 Å². The SMILES string of the molecule is O=C(O)c1nc(C2CC2)n2ccc(O)cc12. The first-order chi connectivity index (χ1) is 7.66. The number of hydrogen-bond acceptors (Lipinski definition) is 3. The molecule has 0 saturated heterocycles. The van der Waals surface area contributed by atoms with E-state index in [1.54, 1.807) is 10.6 Å². The third-order valence-electron chi connectivity index (χ3n) is 2.80. The van der Waals surface area contributed by atoms with E-state index >= 15 is 0 Å². The second kappa shape index (κ2) is 2.98. The summed E-state index contributed by atoms with van der Waals surface area (Å²) in [5.41, 5.74) is 0.465. The van der Waals surface area contributed by atoms with Crippen molar-refractivity contribution in [2.45, 2.75) is 18.8 Å². The van der Waals surface area contributed by atoms with Crippen molar-refractivity contribution in [3.05, 3.63) is 29.8 Å². The monoisotopic (exact) mass is 218 g/mol. The fourth-order valence-corrected chi connectivity index (χ4v) is 1.88. The van der Waals surface area contributed by atoms with Gasteiger partial charge in [-0.2, -0.15) is 0 Å². The van der Waals surface area contributed by atoms with Gasteiger partial charge in [-0.15, -0.1) is 0 Å². The Hall–Kier alpha value is -2.04. The van der Waals surface area contributed by atoms with E-state index in [0.29, 0.717) is 11.4 Å². The number of carboxylic acid groups (broad SMARTS) is 1. The maximum atomic E-state index is 11.0. The van der Waals surface area contributed by atoms with Crippen molar-refractivity contribution in [1.29, 1.82) is 0 Å². The lowest BCUT2D eigenvalue weighted by Crippen LogP contribution is -1.97. The summed E-state index contributed by atoms with van der Waals surface area (Å²) in [5, 5.41) is 18.4. The predicted octanol–water partition coefficient (Wildman–Crippen LogP) is 1.62. The zero-order valence-electron chi connectivity index (χ0n) is 8.42. The van der Waals surface area contributed by atoms with E-state index < -0.39 is 5.97 Å². The molecule has 0 aliphatic heterocycles. The van der Waals surface area contributed by atoms with Gasteiger partial charge in [0.2, 0.25) is 0 Å². The van der Waals surface area contributed by atoms with Crippen LogP contribution in [0.2, 0.25) is 0 Å². The molecule has 5 heteroatoms. The van der Waals surface area contributed by atoms with Crippen molar-refractivity contribution >= 4 is 11.5 Å². The summed E-state index contributed by atoms with van der Waals surface area (Å²) in [4.78, 5) is 15.2. The van der Waals surface area contributed by atoms with Gasteiger partial charge in [0.25, 0.3) is 0 Å². The van der Waals surface area contributed by atoms with Crippen molar-refractivity contribution in [2.24, 2.45) is 0 Å². The van der Waals surface area contributed by atoms with Crippen molar-refractivity contribution in [3.8, 4) is 5.75 Å². The topological polar surface area (TPSA) is 74.8 Å². The molecule has 1 fully saturated rings. The first-order valence-corrected chi connectivity index (χ1v) is 5.11. The average molecular weight is 218 g/mol. The van der Waals surface area contributed by atoms with Crippen LogP contribution in [0, 0.1) is 0 Å². The highest BCUT2D eigenvalue weighted by Gasteiger charge is 2.30. The minimum Gasteiger partial charge on any atom is -0.508 e. The third-order valence-corrected chi connectivity index (χ3v) is 2.80. The van der Waals surface area contributed by atoms with Crippen molar-refractivity contribution in [3.63, 3.8) is 0 Å². The van der Waals surface area contributed by atoms with Gasteiger partial charge in [0.15, 0.2) is 5.69 Å².